The lowest BCUT2D eigenvalue weighted by atomic mass is 10.2. The minimum Gasteiger partial charge on any atom is -0.550 e. The van der Waals surface area contributed by atoms with Crippen LogP contribution in [0.3, 0.4) is 0 Å². The van der Waals surface area contributed by atoms with Gasteiger partial charge in [-0.3, -0.25) is 0 Å². The summed E-state index contributed by atoms with van der Waals surface area (Å²) in [6.45, 7) is 12.9. The number of carboxylic acid groups (broad SMARTS) is 1. The van der Waals surface area contributed by atoms with Crippen LogP contribution in [-0.4, -0.2) is 43.9 Å². The van der Waals surface area contributed by atoms with Crippen molar-refractivity contribution >= 4 is 6.16 Å². The summed E-state index contributed by atoms with van der Waals surface area (Å²) in [6, 6.07) is 0. The first kappa shape index (κ1) is 19.6. The molecule has 110 valence electrons. The van der Waals surface area contributed by atoms with E-state index in [1.54, 1.807) is 0 Å². The van der Waals surface area contributed by atoms with E-state index < -0.39 is 6.16 Å². The zero-order valence-corrected chi connectivity index (χ0v) is 12.8. The third kappa shape index (κ3) is 13.3. The van der Waals surface area contributed by atoms with E-state index >= 15 is 0 Å². The molecule has 0 spiro atoms. The average Bonchev–Trinajstić information content (AvgIpc) is 2.38. The number of ether oxygens (including phenoxy) is 1. The third-order valence-electron chi connectivity index (χ3n) is 3.51. The highest BCUT2D eigenvalue weighted by Gasteiger charge is 2.10. The fourth-order valence-electron chi connectivity index (χ4n) is 1.36. The van der Waals surface area contributed by atoms with Crippen LogP contribution in [0.2, 0.25) is 0 Å². The van der Waals surface area contributed by atoms with E-state index in [1.807, 2.05) is 0 Å². The Labute approximate surface area is 113 Å². The molecule has 0 aliphatic carbocycles. The van der Waals surface area contributed by atoms with Crippen molar-refractivity contribution in [2.45, 2.75) is 53.4 Å². The average molecular weight is 261 g/mol. The monoisotopic (exact) mass is 261 g/mol. The van der Waals surface area contributed by atoms with Gasteiger partial charge in [0.25, 0.3) is 6.16 Å². The zero-order chi connectivity index (χ0) is 14.4. The van der Waals surface area contributed by atoms with Gasteiger partial charge in [-0.2, -0.15) is 0 Å². The number of carbonyl (C=O) groups is 1. The molecule has 0 atom stereocenters. The molecule has 0 N–H and O–H groups in total. The SMILES string of the molecule is CCCCCCOC(=O)[O-].CC[N+](C)(CC)CC. The van der Waals surface area contributed by atoms with Gasteiger partial charge < -0.3 is 19.1 Å². The van der Waals surface area contributed by atoms with Crippen LogP contribution in [0.25, 0.3) is 0 Å². The molecule has 0 aromatic rings. The second-order valence-corrected chi connectivity index (χ2v) is 4.73. The molecular formula is C14H31NO3. The van der Waals surface area contributed by atoms with Crippen LogP contribution in [0.15, 0.2) is 0 Å². The number of rotatable bonds is 8. The van der Waals surface area contributed by atoms with Crippen molar-refractivity contribution in [2.24, 2.45) is 0 Å². The molecule has 0 rings (SSSR count). The van der Waals surface area contributed by atoms with E-state index in [2.05, 4.69) is 39.5 Å². The fourth-order valence-corrected chi connectivity index (χ4v) is 1.36. The van der Waals surface area contributed by atoms with Crippen molar-refractivity contribution in [3.05, 3.63) is 0 Å². The van der Waals surface area contributed by atoms with Crippen molar-refractivity contribution in [1.82, 2.24) is 0 Å². The maximum atomic E-state index is 9.70. The van der Waals surface area contributed by atoms with Crippen molar-refractivity contribution in [2.75, 3.05) is 33.3 Å². The quantitative estimate of drug-likeness (QED) is 0.383. The largest absolute Gasteiger partial charge is 0.550 e. The minimum atomic E-state index is -1.42. The van der Waals surface area contributed by atoms with Gasteiger partial charge >= 0.3 is 0 Å². The van der Waals surface area contributed by atoms with E-state index in [0.717, 1.165) is 25.7 Å². The van der Waals surface area contributed by atoms with Crippen LogP contribution in [0.4, 0.5) is 4.79 Å². The lowest BCUT2D eigenvalue weighted by molar-refractivity contribution is -0.904. The maximum Gasteiger partial charge on any atom is 0.251 e. The van der Waals surface area contributed by atoms with Crippen LogP contribution in [0.1, 0.15) is 53.4 Å². The van der Waals surface area contributed by atoms with Crippen molar-refractivity contribution in [3.63, 3.8) is 0 Å². The molecule has 0 saturated carbocycles. The molecule has 18 heavy (non-hydrogen) atoms. The Morgan fingerprint density at radius 1 is 1.00 bits per heavy atom. The highest BCUT2D eigenvalue weighted by Crippen LogP contribution is 1.98. The van der Waals surface area contributed by atoms with Gasteiger partial charge in [-0.15, -0.1) is 0 Å². The van der Waals surface area contributed by atoms with E-state index in [0.29, 0.717) is 0 Å². The molecule has 0 saturated heterocycles. The van der Waals surface area contributed by atoms with Crippen molar-refractivity contribution in [1.29, 1.82) is 0 Å². The van der Waals surface area contributed by atoms with Crippen LogP contribution in [-0.2, 0) is 4.74 Å². The highest BCUT2D eigenvalue weighted by molar-refractivity contribution is 5.53. The first-order chi connectivity index (χ1) is 8.45. The number of hydrogen-bond acceptors (Lipinski definition) is 3. The van der Waals surface area contributed by atoms with Crippen LogP contribution >= 0.6 is 0 Å². The molecule has 0 heterocycles. The van der Waals surface area contributed by atoms with Crippen molar-refractivity contribution < 1.29 is 19.1 Å². The zero-order valence-electron chi connectivity index (χ0n) is 12.8. The number of hydrogen-bond donors (Lipinski definition) is 0. The molecule has 4 heteroatoms. The Kier molecular flexibility index (Phi) is 13.8. The smallest absolute Gasteiger partial charge is 0.251 e. The summed E-state index contributed by atoms with van der Waals surface area (Å²) in [5.74, 6) is 0. The Morgan fingerprint density at radius 3 is 1.78 bits per heavy atom. The molecule has 4 nitrogen and oxygen atoms in total. The van der Waals surface area contributed by atoms with E-state index in [1.165, 1.54) is 24.1 Å². The van der Waals surface area contributed by atoms with Crippen molar-refractivity contribution in [3.8, 4) is 0 Å². The lowest BCUT2D eigenvalue weighted by Crippen LogP contribution is -2.42. The van der Waals surface area contributed by atoms with Gasteiger partial charge in [-0.1, -0.05) is 26.2 Å². The summed E-state index contributed by atoms with van der Waals surface area (Å²) in [7, 11) is 2.29. The predicted octanol–water partition coefficient (Wildman–Crippen LogP) is 2.42. The molecule has 0 aromatic heterocycles. The van der Waals surface area contributed by atoms with Gasteiger partial charge in [0.05, 0.1) is 26.7 Å². The molecule has 0 aliphatic heterocycles. The Morgan fingerprint density at radius 2 is 1.50 bits per heavy atom. The van der Waals surface area contributed by atoms with Gasteiger partial charge in [0.2, 0.25) is 0 Å². The van der Waals surface area contributed by atoms with Crippen LogP contribution < -0.4 is 5.11 Å². The van der Waals surface area contributed by atoms with Gasteiger partial charge in [-0.05, 0) is 27.2 Å². The standard InChI is InChI=1S/C7H18N.C7H14O3/c1-5-8(4,6-2)7-3;1-2-3-4-5-6-10-7(8)9/h5-7H2,1-4H3;2-6H2,1H3,(H,8,9)/q+1;/p-1. The first-order valence-electron chi connectivity index (χ1n) is 7.13. The Bertz CT molecular complexity index is 183. The summed E-state index contributed by atoms with van der Waals surface area (Å²) < 4.78 is 5.40. The summed E-state index contributed by atoms with van der Waals surface area (Å²) in [4.78, 5) is 9.70. The Hall–Kier alpha value is -0.770. The van der Waals surface area contributed by atoms with E-state index in [9.17, 15) is 9.90 Å². The molecule has 0 unspecified atom stereocenters. The summed E-state index contributed by atoms with van der Waals surface area (Å²) in [6.07, 6.45) is 2.70. The normalized spacial score (nSPS) is 10.5. The molecule has 0 aromatic carbocycles. The van der Waals surface area contributed by atoms with Gasteiger partial charge in [-0.25, -0.2) is 0 Å². The fraction of sp³-hybridized carbons (Fsp3) is 0.929. The molecule has 0 radical (unpaired) electrons. The second-order valence-electron chi connectivity index (χ2n) is 4.73. The minimum absolute atomic E-state index is 0.280. The van der Waals surface area contributed by atoms with Crippen LogP contribution in [0, 0.1) is 0 Å². The third-order valence-corrected chi connectivity index (χ3v) is 3.51. The number of unbranched alkanes of at least 4 members (excludes halogenated alkanes) is 3. The molecule has 0 bridgehead atoms. The predicted molar refractivity (Wildman–Crippen MR) is 73.3 cm³/mol. The first-order valence-corrected chi connectivity index (χ1v) is 7.13. The maximum absolute atomic E-state index is 9.70. The molecular weight excluding hydrogens is 230 g/mol. The van der Waals surface area contributed by atoms with Gasteiger partial charge in [0.1, 0.15) is 0 Å². The number of quaternary nitrogens is 1. The van der Waals surface area contributed by atoms with E-state index in [4.69, 9.17) is 0 Å². The van der Waals surface area contributed by atoms with Gasteiger partial charge in [0, 0.05) is 6.61 Å². The number of nitrogens with zero attached hydrogens (tertiary/aromatic N) is 1. The van der Waals surface area contributed by atoms with Crippen LogP contribution in [0.5, 0.6) is 0 Å². The van der Waals surface area contributed by atoms with E-state index in [-0.39, 0.29) is 6.61 Å². The topological polar surface area (TPSA) is 49.4 Å². The van der Waals surface area contributed by atoms with Gasteiger partial charge in [0.15, 0.2) is 0 Å². The molecule has 0 amide bonds. The summed E-state index contributed by atoms with van der Waals surface area (Å²) in [5, 5.41) is 9.70. The summed E-state index contributed by atoms with van der Waals surface area (Å²) >= 11 is 0. The second kappa shape index (κ2) is 12.7. The lowest BCUT2D eigenvalue weighted by Gasteiger charge is -2.30. The summed E-state index contributed by atoms with van der Waals surface area (Å²) in [5.41, 5.74) is 0. The number of carbonyl (C=O) groups excluding carboxylic acids is 1. The Balaban J connectivity index is 0. The highest BCUT2D eigenvalue weighted by atomic mass is 16.7. The molecule has 0 fully saturated rings. The molecule has 0 aliphatic rings.